The molecule has 2 N–H and O–H groups in total. The lowest BCUT2D eigenvalue weighted by molar-refractivity contribution is 0.764. The van der Waals surface area contributed by atoms with Crippen LogP contribution in [0.5, 0.6) is 0 Å². The molecule has 0 aliphatic heterocycles. The molecule has 5 nitrogen and oxygen atoms in total. The number of aromatic nitrogens is 2. The monoisotopic (exact) mass is 427 g/mol. The molecule has 126 valence electrons. The number of hydrogen-bond donors (Lipinski definition) is 2. The van der Waals surface area contributed by atoms with Crippen molar-refractivity contribution in [3.8, 4) is 0 Å². The van der Waals surface area contributed by atoms with Gasteiger partial charge in [0.1, 0.15) is 5.65 Å². The summed E-state index contributed by atoms with van der Waals surface area (Å²) >= 11 is 0. The zero-order valence-electron chi connectivity index (χ0n) is 14.0. The first kappa shape index (κ1) is 18.0. The van der Waals surface area contributed by atoms with Crippen LogP contribution in [0.15, 0.2) is 29.5 Å². The molecule has 0 radical (unpaired) electrons. The number of imidazole rings is 1. The molecule has 1 aliphatic rings. The number of nitrogens with one attached hydrogen (secondary N) is 2. The van der Waals surface area contributed by atoms with Crippen molar-refractivity contribution in [3.05, 3.63) is 35.8 Å². The molecule has 0 aromatic carbocycles. The van der Waals surface area contributed by atoms with E-state index in [2.05, 4.69) is 59.1 Å². The molecule has 2 atom stereocenters. The molecule has 2 heterocycles. The SMILES string of the molecule is CCNC(=NCCc1cn2cccc(C)c2n1)NC1CC1C.I. The highest BCUT2D eigenvalue weighted by atomic mass is 127. The highest BCUT2D eigenvalue weighted by molar-refractivity contribution is 14.0. The van der Waals surface area contributed by atoms with Gasteiger partial charge in [0.15, 0.2) is 5.96 Å². The number of hydrogen-bond acceptors (Lipinski definition) is 2. The highest BCUT2D eigenvalue weighted by Gasteiger charge is 2.33. The van der Waals surface area contributed by atoms with Gasteiger partial charge < -0.3 is 15.0 Å². The lowest BCUT2D eigenvalue weighted by Crippen LogP contribution is -2.39. The molecule has 3 rings (SSSR count). The van der Waals surface area contributed by atoms with Crippen molar-refractivity contribution in [1.82, 2.24) is 20.0 Å². The Bertz CT molecular complexity index is 679. The van der Waals surface area contributed by atoms with Crippen LogP contribution in [-0.2, 0) is 6.42 Å². The second-order valence-corrected chi connectivity index (χ2v) is 6.13. The number of fused-ring (bicyclic) bond motifs is 1. The van der Waals surface area contributed by atoms with Gasteiger partial charge in [0, 0.05) is 37.9 Å². The van der Waals surface area contributed by atoms with Crippen molar-refractivity contribution < 1.29 is 0 Å². The van der Waals surface area contributed by atoms with E-state index < -0.39 is 0 Å². The van der Waals surface area contributed by atoms with Crippen molar-refractivity contribution in [2.75, 3.05) is 13.1 Å². The van der Waals surface area contributed by atoms with E-state index in [1.807, 2.05) is 6.20 Å². The Kier molecular flexibility index (Phi) is 6.26. The number of rotatable bonds is 5. The van der Waals surface area contributed by atoms with Gasteiger partial charge in [-0.05, 0) is 37.8 Å². The number of aryl methyl sites for hydroxylation is 1. The smallest absolute Gasteiger partial charge is 0.191 e. The topological polar surface area (TPSA) is 53.7 Å². The van der Waals surface area contributed by atoms with Gasteiger partial charge in [-0.15, -0.1) is 24.0 Å². The summed E-state index contributed by atoms with van der Waals surface area (Å²) in [6.07, 6.45) is 6.25. The van der Waals surface area contributed by atoms with E-state index in [0.29, 0.717) is 6.04 Å². The molecular weight excluding hydrogens is 401 g/mol. The Balaban J connectivity index is 0.00000192. The fraction of sp³-hybridized carbons (Fsp3) is 0.529. The predicted molar refractivity (Wildman–Crippen MR) is 106 cm³/mol. The summed E-state index contributed by atoms with van der Waals surface area (Å²) in [6.45, 7) is 8.09. The average Bonchev–Trinajstić information content (AvgIpc) is 3.00. The van der Waals surface area contributed by atoms with Crippen molar-refractivity contribution in [3.63, 3.8) is 0 Å². The highest BCUT2D eigenvalue weighted by Crippen LogP contribution is 2.28. The third-order valence-electron chi connectivity index (χ3n) is 4.14. The number of nitrogens with zero attached hydrogens (tertiary/aromatic N) is 3. The first-order valence-electron chi connectivity index (χ1n) is 8.15. The number of guanidine groups is 1. The standard InChI is InChI=1S/C17H25N5.HI/c1-4-18-17(21-15-10-13(15)3)19-8-7-14-11-22-9-5-6-12(2)16(22)20-14;/h5-6,9,11,13,15H,4,7-8,10H2,1-3H3,(H2,18,19,21);1H. The van der Waals surface area contributed by atoms with Crippen LogP contribution >= 0.6 is 24.0 Å². The van der Waals surface area contributed by atoms with Crippen LogP contribution in [0.25, 0.3) is 5.65 Å². The number of pyridine rings is 1. The Hall–Kier alpha value is -1.31. The van der Waals surface area contributed by atoms with Gasteiger partial charge >= 0.3 is 0 Å². The Morgan fingerprint density at radius 3 is 2.91 bits per heavy atom. The summed E-state index contributed by atoms with van der Waals surface area (Å²) in [5.74, 6) is 1.70. The van der Waals surface area contributed by atoms with Crippen LogP contribution < -0.4 is 10.6 Å². The number of halogens is 1. The minimum Gasteiger partial charge on any atom is -0.357 e. The van der Waals surface area contributed by atoms with E-state index in [9.17, 15) is 0 Å². The lowest BCUT2D eigenvalue weighted by Gasteiger charge is -2.10. The number of aliphatic imine (C=N–C) groups is 1. The fourth-order valence-corrected chi connectivity index (χ4v) is 2.63. The molecular formula is C17H26IN5. The van der Waals surface area contributed by atoms with Crippen LogP contribution in [0, 0.1) is 12.8 Å². The van der Waals surface area contributed by atoms with E-state index in [1.54, 1.807) is 0 Å². The van der Waals surface area contributed by atoms with E-state index in [1.165, 1.54) is 12.0 Å². The summed E-state index contributed by atoms with van der Waals surface area (Å²) in [4.78, 5) is 9.35. The molecule has 0 saturated heterocycles. The predicted octanol–water partition coefficient (Wildman–Crippen LogP) is 2.77. The van der Waals surface area contributed by atoms with Gasteiger partial charge in [-0.3, -0.25) is 4.99 Å². The average molecular weight is 427 g/mol. The molecule has 0 bridgehead atoms. The molecule has 1 aliphatic carbocycles. The lowest BCUT2D eigenvalue weighted by atomic mass is 10.3. The minimum absolute atomic E-state index is 0. The quantitative estimate of drug-likeness (QED) is 0.439. The zero-order chi connectivity index (χ0) is 15.5. The third kappa shape index (κ3) is 4.59. The van der Waals surface area contributed by atoms with Crippen molar-refractivity contribution in [2.45, 2.75) is 39.7 Å². The van der Waals surface area contributed by atoms with Crippen LogP contribution in [0.2, 0.25) is 0 Å². The fourth-order valence-electron chi connectivity index (χ4n) is 2.63. The van der Waals surface area contributed by atoms with E-state index >= 15 is 0 Å². The zero-order valence-corrected chi connectivity index (χ0v) is 16.4. The molecule has 2 unspecified atom stereocenters. The Morgan fingerprint density at radius 2 is 2.26 bits per heavy atom. The second kappa shape index (κ2) is 7.99. The van der Waals surface area contributed by atoms with E-state index in [0.717, 1.165) is 42.7 Å². The van der Waals surface area contributed by atoms with Crippen LogP contribution in [0.3, 0.4) is 0 Å². The maximum absolute atomic E-state index is 4.69. The van der Waals surface area contributed by atoms with Gasteiger partial charge in [0.2, 0.25) is 0 Å². The molecule has 2 aromatic rings. The molecule has 1 saturated carbocycles. The van der Waals surface area contributed by atoms with Gasteiger partial charge in [-0.2, -0.15) is 0 Å². The molecule has 1 fully saturated rings. The first-order valence-corrected chi connectivity index (χ1v) is 8.15. The van der Waals surface area contributed by atoms with Crippen molar-refractivity contribution in [1.29, 1.82) is 0 Å². The molecule has 23 heavy (non-hydrogen) atoms. The molecule has 0 spiro atoms. The Morgan fingerprint density at radius 1 is 1.48 bits per heavy atom. The summed E-state index contributed by atoms with van der Waals surface area (Å²) in [6, 6.07) is 4.74. The van der Waals surface area contributed by atoms with E-state index in [-0.39, 0.29) is 24.0 Å². The molecule has 0 amide bonds. The maximum atomic E-state index is 4.69. The van der Waals surface area contributed by atoms with E-state index in [4.69, 9.17) is 4.98 Å². The van der Waals surface area contributed by atoms with Crippen LogP contribution in [0.4, 0.5) is 0 Å². The summed E-state index contributed by atoms with van der Waals surface area (Å²) in [7, 11) is 0. The normalized spacial score (nSPS) is 20.2. The summed E-state index contributed by atoms with van der Waals surface area (Å²) in [5.41, 5.74) is 3.34. The van der Waals surface area contributed by atoms with Crippen molar-refractivity contribution >= 4 is 35.6 Å². The summed E-state index contributed by atoms with van der Waals surface area (Å²) < 4.78 is 2.09. The molecule has 2 aromatic heterocycles. The first-order chi connectivity index (χ1) is 10.7. The van der Waals surface area contributed by atoms with Crippen LogP contribution in [0.1, 0.15) is 31.5 Å². The van der Waals surface area contributed by atoms with Crippen molar-refractivity contribution in [2.24, 2.45) is 10.9 Å². The largest absolute Gasteiger partial charge is 0.357 e. The maximum Gasteiger partial charge on any atom is 0.191 e. The third-order valence-corrected chi connectivity index (χ3v) is 4.14. The summed E-state index contributed by atoms with van der Waals surface area (Å²) in [5, 5.41) is 6.79. The Labute approximate surface area is 155 Å². The van der Waals surface area contributed by atoms with Crippen LogP contribution in [-0.4, -0.2) is 34.5 Å². The molecule has 6 heteroatoms. The van der Waals surface area contributed by atoms with Gasteiger partial charge in [-0.25, -0.2) is 4.98 Å². The van der Waals surface area contributed by atoms with Gasteiger partial charge in [-0.1, -0.05) is 13.0 Å². The van der Waals surface area contributed by atoms with Gasteiger partial charge in [0.25, 0.3) is 0 Å². The minimum atomic E-state index is 0. The van der Waals surface area contributed by atoms with Gasteiger partial charge in [0.05, 0.1) is 5.69 Å². The second-order valence-electron chi connectivity index (χ2n) is 6.13.